The molecule has 0 aromatic rings. The van der Waals surface area contributed by atoms with E-state index in [9.17, 15) is 19.8 Å². The van der Waals surface area contributed by atoms with Crippen LogP contribution in [0.15, 0.2) is 11.3 Å². The van der Waals surface area contributed by atoms with Crippen LogP contribution in [0, 0.1) is 5.92 Å². The molecule has 0 fully saturated rings. The Morgan fingerprint density at radius 1 is 1.29 bits per heavy atom. The Labute approximate surface area is 126 Å². The summed E-state index contributed by atoms with van der Waals surface area (Å²) in [5, 5.41) is 20.4. The van der Waals surface area contributed by atoms with Crippen LogP contribution in [0.3, 0.4) is 0 Å². The highest BCUT2D eigenvalue weighted by molar-refractivity contribution is 6.22. The summed E-state index contributed by atoms with van der Waals surface area (Å²) in [5.74, 6) is -1.79. The molecule has 21 heavy (non-hydrogen) atoms. The number of likely N-dealkylation sites (N-methyl/N-ethyl adjacent to an activating group) is 1. The van der Waals surface area contributed by atoms with Crippen LogP contribution in [-0.2, 0) is 9.59 Å². The molecule has 2 N–H and O–H groups in total. The lowest BCUT2D eigenvalue weighted by Gasteiger charge is -2.29. The molecule has 2 unspecified atom stereocenters. The van der Waals surface area contributed by atoms with Crippen LogP contribution in [0.25, 0.3) is 0 Å². The average molecular weight is 297 g/mol. The molecule has 1 rings (SSSR count). The second kappa shape index (κ2) is 7.07. The van der Waals surface area contributed by atoms with Gasteiger partial charge in [0.05, 0.1) is 0 Å². The summed E-state index contributed by atoms with van der Waals surface area (Å²) < 4.78 is 0. The van der Waals surface area contributed by atoms with E-state index in [-0.39, 0.29) is 23.7 Å². The predicted octanol–water partition coefficient (Wildman–Crippen LogP) is 2.54. The molecule has 0 spiro atoms. The van der Waals surface area contributed by atoms with E-state index in [1.165, 1.54) is 7.05 Å². The second-order valence-electron chi connectivity index (χ2n) is 5.87. The third-order valence-corrected chi connectivity index (χ3v) is 4.37. The van der Waals surface area contributed by atoms with Crippen molar-refractivity contribution in [2.75, 3.05) is 7.05 Å². The van der Waals surface area contributed by atoms with E-state index in [0.717, 1.165) is 30.6 Å². The molecular weight excluding hydrogens is 270 g/mol. The Morgan fingerprint density at radius 3 is 2.38 bits per heavy atom. The number of ketones is 1. The standard InChI is InChI=1S/C16H27NO4/c1-5-7-8-9-10-11(3)13(18)12-14(19)16(21,6-2)17(4)15(12)20/h11,19,21H,5-10H2,1-4H3. The van der Waals surface area contributed by atoms with Crippen LogP contribution >= 0.6 is 0 Å². The molecule has 0 saturated carbocycles. The van der Waals surface area contributed by atoms with Crippen molar-refractivity contribution in [1.29, 1.82) is 0 Å². The van der Waals surface area contributed by atoms with Gasteiger partial charge in [0.15, 0.2) is 17.3 Å². The maximum Gasteiger partial charge on any atom is 0.263 e. The number of unbranched alkanes of at least 4 members (excludes halogenated alkanes) is 3. The third kappa shape index (κ3) is 3.28. The highest BCUT2D eigenvalue weighted by Gasteiger charge is 2.50. The molecule has 2 atom stereocenters. The van der Waals surface area contributed by atoms with Crippen molar-refractivity contribution in [2.45, 2.75) is 65.0 Å². The van der Waals surface area contributed by atoms with Gasteiger partial charge in [-0.05, 0) is 6.42 Å². The molecule has 0 aromatic carbocycles. The van der Waals surface area contributed by atoms with E-state index in [1.54, 1.807) is 13.8 Å². The molecule has 0 aromatic heterocycles. The van der Waals surface area contributed by atoms with E-state index >= 15 is 0 Å². The van der Waals surface area contributed by atoms with E-state index in [2.05, 4.69) is 6.92 Å². The van der Waals surface area contributed by atoms with E-state index in [1.807, 2.05) is 0 Å². The Kier molecular flexibility index (Phi) is 5.96. The molecule has 1 aliphatic heterocycles. The maximum atomic E-state index is 12.4. The minimum absolute atomic E-state index is 0.142. The molecule has 0 bridgehead atoms. The molecule has 1 heterocycles. The number of hydrogen-bond acceptors (Lipinski definition) is 4. The molecule has 5 nitrogen and oxygen atoms in total. The zero-order valence-electron chi connectivity index (χ0n) is 13.5. The Hall–Kier alpha value is -1.36. The molecule has 0 saturated heterocycles. The van der Waals surface area contributed by atoms with Gasteiger partial charge in [-0.15, -0.1) is 0 Å². The molecule has 120 valence electrons. The van der Waals surface area contributed by atoms with Crippen molar-refractivity contribution >= 4 is 11.7 Å². The Morgan fingerprint density at radius 2 is 1.90 bits per heavy atom. The molecule has 5 heteroatoms. The lowest BCUT2D eigenvalue weighted by Crippen LogP contribution is -2.45. The van der Waals surface area contributed by atoms with Crippen LogP contribution in [0.1, 0.15) is 59.3 Å². The highest BCUT2D eigenvalue weighted by Crippen LogP contribution is 2.35. The topological polar surface area (TPSA) is 77.8 Å². The van der Waals surface area contributed by atoms with Crippen molar-refractivity contribution in [2.24, 2.45) is 5.92 Å². The molecule has 0 aliphatic carbocycles. The van der Waals surface area contributed by atoms with Gasteiger partial charge in [0.1, 0.15) is 5.57 Å². The van der Waals surface area contributed by atoms with Gasteiger partial charge in [0.2, 0.25) is 0 Å². The van der Waals surface area contributed by atoms with Crippen molar-refractivity contribution in [3.8, 4) is 0 Å². The van der Waals surface area contributed by atoms with Crippen molar-refractivity contribution < 1.29 is 19.8 Å². The second-order valence-corrected chi connectivity index (χ2v) is 5.87. The summed E-state index contributed by atoms with van der Waals surface area (Å²) in [6.45, 7) is 5.54. The summed E-state index contributed by atoms with van der Waals surface area (Å²) in [6.07, 6.45) is 5.08. The quantitative estimate of drug-likeness (QED) is 0.533. The molecular formula is C16H27NO4. The first-order chi connectivity index (χ1) is 9.81. The number of Topliss-reactive ketones (excluding diaryl/α,β-unsaturated/α-hetero) is 1. The Balaban J connectivity index is 2.83. The van der Waals surface area contributed by atoms with Gasteiger partial charge in [0.25, 0.3) is 5.91 Å². The van der Waals surface area contributed by atoms with Crippen molar-refractivity contribution in [3.05, 3.63) is 11.3 Å². The summed E-state index contributed by atoms with van der Waals surface area (Å²) >= 11 is 0. The zero-order valence-corrected chi connectivity index (χ0v) is 13.5. The van der Waals surface area contributed by atoms with E-state index in [4.69, 9.17) is 0 Å². The van der Waals surface area contributed by atoms with Gasteiger partial charge in [-0.3, -0.25) is 9.59 Å². The number of hydrogen-bond donors (Lipinski definition) is 2. The minimum Gasteiger partial charge on any atom is -0.506 e. The lowest BCUT2D eigenvalue weighted by molar-refractivity contribution is -0.143. The fraction of sp³-hybridized carbons (Fsp3) is 0.750. The largest absolute Gasteiger partial charge is 0.506 e. The first-order valence-corrected chi connectivity index (χ1v) is 7.79. The van der Waals surface area contributed by atoms with Gasteiger partial charge >= 0.3 is 0 Å². The van der Waals surface area contributed by atoms with Gasteiger partial charge in [-0.1, -0.05) is 46.5 Å². The van der Waals surface area contributed by atoms with E-state index < -0.39 is 17.4 Å². The number of aliphatic hydroxyl groups is 2. The number of aliphatic hydroxyl groups excluding tert-OH is 1. The lowest BCUT2D eigenvalue weighted by atomic mass is 9.92. The summed E-state index contributed by atoms with van der Waals surface area (Å²) in [4.78, 5) is 25.6. The SMILES string of the molecule is CCCCCCC(C)C(=O)C1=C(O)C(O)(CC)N(C)C1=O. The van der Waals surface area contributed by atoms with Gasteiger partial charge in [-0.25, -0.2) is 0 Å². The first-order valence-electron chi connectivity index (χ1n) is 7.79. The van der Waals surface area contributed by atoms with Crippen LogP contribution in [-0.4, -0.2) is 39.6 Å². The normalized spacial score (nSPS) is 23.9. The maximum absolute atomic E-state index is 12.4. The summed E-state index contributed by atoms with van der Waals surface area (Å²) in [5.41, 5.74) is -1.99. The fourth-order valence-electron chi connectivity index (χ4n) is 2.68. The molecule has 1 aliphatic rings. The van der Waals surface area contributed by atoms with Crippen LogP contribution < -0.4 is 0 Å². The van der Waals surface area contributed by atoms with E-state index in [0.29, 0.717) is 6.42 Å². The van der Waals surface area contributed by atoms with Crippen LogP contribution in [0.5, 0.6) is 0 Å². The minimum atomic E-state index is -1.75. The van der Waals surface area contributed by atoms with Crippen LogP contribution in [0.2, 0.25) is 0 Å². The van der Waals surface area contributed by atoms with Gasteiger partial charge in [-0.2, -0.15) is 0 Å². The third-order valence-electron chi connectivity index (χ3n) is 4.37. The first kappa shape index (κ1) is 17.7. The number of nitrogens with zero attached hydrogens (tertiary/aromatic N) is 1. The van der Waals surface area contributed by atoms with Crippen LogP contribution in [0.4, 0.5) is 0 Å². The Bertz CT molecular complexity index is 444. The fourth-order valence-corrected chi connectivity index (χ4v) is 2.68. The van der Waals surface area contributed by atoms with Crippen molar-refractivity contribution in [1.82, 2.24) is 4.90 Å². The number of amides is 1. The predicted molar refractivity (Wildman–Crippen MR) is 80.6 cm³/mol. The summed E-state index contributed by atoms with van der Waals surface area (Å²) in [6, 6.07) is 0. The highest BCUT2D eigenvalue weighted by atomic mass is 16.4. The smallest absolute Gasteiger partial charge is 0.263 e. The number of carbonyl (C=O) groups excluding carboxylic acids is 2. The average Bonchev–Trinajstić information content (AvgIpc) is 2.64. The van der Waals surface area contributed by atoms with Gasteiger partial charge < -0.3 is 15.1 Å². The molecule has 0 radical (unpaired) electrons. The van der Waals surface area contributed by atoms with Crippen molar-refractivity contribution in [3.63, 3.8) is 0 Å². The zero-order chi connectivity index (χ0) is 16.2. The number of rotatable bonds is 8. The molecule has 1 amide bonds. The van der Waals surface area contributed by atoms with Gasteiger partial charge in [0, 0.05) is 19.4 Å². The monoisotopic (exact) mass is 297 g/mol. The summed E-state index contributed by atoms with van der Waals surface area (Å²) in [7, 11) is 1.40. The number of carbonyl (C=O) groups is 2.